The fourth-order valence-corrected chi connectivity index (χ4v) is 1.67. The standard InChI is InChI=1S/C16H14BO/c1-17-15-10-7-13(8-11-15)9-12-16(18)14-5-3-2-4-6-14/h2-12H,1H3/b12-9+. The molecule has 2 aromatic carbocycles. The summed E-state index contributed by atoms with van der Waals surface area (Å²) in [6.45, 7) is 2.00. The highest BCUT2D eigenvalue weighted by atomic mass is 16.1. The van der Waals surface area contributed by atoms with Crippen molar-refractivity contribution < 1.29 is 4.79 Å². The first-order valence-corrected chi connectivity index (χ1v) is 5.96. The molecular weight excluding hydrogens is 219 g/mol. The Morgan fingerprint density at radius 1 is 1.00 bits per heavy atom. The van der Waals surface area contributed by atoms with Crippen LogP contribution in [0.2, 0.25) is 6.82 Å². The van der Waals surface area contributed by atoms with Crippen LogP contribution in [-0.4, -0.2) is 13.1 Å². The van der Waals surface area contributed by atoms with Gasteiger partial charge in [-0.05, 0) is 11.6 Å². The first kappa shape index (κ1) is 12.4. The van der Waals surface area contributed by atoms with E-state index in [1.807, 2.05) is 74.8 Å². The monoisotopic (exact) mass is 233 g/mol. The fourth-order valence-electron chi connectivity index (χ4n) is 1.67. The lowest BCUT2D eigenvalue weighted by Gasteiger charge is -1.97. The van der Waals surface area contributed by atoms with Crippen molar-refractivity contribution in [2.45, 2.75) is 6.82 Å². The van der Waals surface area contributed by atoms with E-state index in [0.717, 1.165) is 5.56 Å². The molecule has 18 heavy (non-hydrogen) atoms. The molecule has 0 N–H and O–H groups in total. The number of ketones is 1. The van der Waals surface area contributed by atoms with E-state index in [0.29, 0.717) is 5.56 Å². The summed E-state index contributed by atoms with van der Waals surface area (Å²) in [4.78, 5) is 11.8. The van der Waals surface area contributed by atoms with Crippen LogP contribution in [0.3, 0.4) is 0 Å². The second-order valence-corrected chi connectivity index (χ2v) is 4.02. The van der Waals surface area contributed by atoms with Crippen LogP contribution in [0, 0.1) is 0 Å². The summed E-state index contributed by atoms with van der Waals surface area (Å²) in [6, 6.07) is 17.4. The predicted octanol–water partition coefficient (Wildman–Crippen LogP) is 2.96. The third kappa shape index (κ3) is 3.20. The molecule has 0 heterocycles. The van der Waals surface area contributed by atoms with E-state index < -0.39 is 0 Å². The molecule has 0 bridgehead atoms. The van der Waals surface area contributed by atoms with Gasteiger partial charge < -0.3 is 0 Å². The largest absolute Gasteiger partial charge is 0.289 e. The van der Waals surface area contributed by atoms with Crippen LogP contribution in [0.25, 0.3) is 6.08 Å². The second kappa shape index (κ2) is 6.01. The topological polar surface area (TPSA) is 17.1 Å². The Morgan fingerprint density at radius 2 is 1.67 bits per heavy atom. The Bertz CT molecular complexity index is 541. The Hall–Kier alpha value is -2.09. The zero-order valence-corrected chi connectivity index (χ0v) is 10.3. The summed E-state index contributed by atoms with van der Waals surface area (Å²) in [7, 11) is 2.04. The number of benzene rings is 2. The van der Waals surface area contributed by atoms with Gasteiger partial charge in [0.15, 0.2) is 5.78 Å². The maximum absolute atomic E-state index is 11.8. The summed E-state index contributed by atoms with van der Waals surface area (Å²) in [6.07, 6.45) is 3.45. The van der Waals surface area contributed by atoms with Gasteiger partial charge in [0.2, 0.25) is 0 Å². The molecule has 0 saturated heterocycles. The number of allylic oxidation sites excluding steroid dienone is 1. The summed E-state index contributed by atoms with van der Waals surface area (Å²) in [5, 5.41) is 0. The number of hydrogen-bond donors (Lipinski definition) is 0. The third-order valence-corrected chi connectivity index (χ3v) is 2.76. The third-order valence-electron chi connectivity index (χ3n) is 2.76. The average molecular weight is 233 g/mol. The molecule has 2 rings (SSSR count). The molecule has 0 unspecified atom stereocenters. The average Bonchev–Trinajstić information content (AvgIpc) is 2.46. The number of carbonyl (C=O) groups excluding carboxylic acids is 1. The van der Waals surface area contributed by atoms with Crippen molar-refractivity contribution in [3.63, 3.8) is 0 Å². The highest BCUT2D eigenvalue weighted by Gasteiger charge is 1.99. The van der Waals surface area contributed by atoms with Gasteiger partial charge in [0, 0.05) is 5.56 Å². The molecule has 0 aliphatic heterocycles. The van der Waals surface area contributed by atoms with Crippen molar-refractivity contribution in [2.24, 2.45) is 0 Å². The molecular formula is C16H14BO. The van der Waals surface area contributed by atoms with Gasteiger partial charge in [0.05, 0.1) is 0 Å². The molecule has 2 aromatic rings. The highest BCUT2D eigenvalue weighted by molar-refractivity contribution is 6.51. The normalized spacial score (nSPS) is 10.5. The van der Waals surface area contributed by atoms with E-state index in [-0.39, 0.29) is 5.78 Å². The minimum Gasteiger partial charge on any atom is -0.289 e. The molecule has 0 aliphatic carbocycles. The van der Waals surface area contributed by atoms with E-state index in [1.54, 1.807) is 6.08 Å². The second-order valence-electron chi connectivity index (χ2n) is 4.02. The van der Waals surface area contributed by atoms with Gasteiger partial charge in [-0.25, -0.2) is 0 Å². The Balaban J connectivity index is 2.08. The molecule has 0 spiro atoms. The molecule has 2 heteroatoms. The van der Waals surface area contributed by atoms with Crippen molar-refractivity contribution in [3.05, 3.63) is 71.8 Å². The summed E-state index contributed by atoms with van der Waals surface area (Å²) in [5.74, 6) is 0.0294. The minimum absolute atomic E-state index is 0.0294. The molecule has 0 atom stereocenters. The Labute approximate surface area is 108 Å². The first-order chi connectivity index (χ1) is 8.79. The zero-order valence-electron chi connectivity index (χ0n) is 10.3. The van der Waals surface area contributed by atoms with E-state index in [2.05, 4.69) is 0 Å². The summed E-state index contributed by atoms with van der Waals surface area (Å²) in [5.41, 5.74) is 2.93. The van der Waals surface area contributed by atoms with Crippen LogP contribution in [0.15, 0.2) is 60.7 Å². The summed E-state index contributed by atoms with van der Waals surface area (Å²) < 4.78 is 0. The van der Waals surface area contributed by atoms with Crippen LogP contribution in [0.4, 0.5) is 0 Å². The highest BCUT2D eigenvalue weighted by Crippen LogP contribution is 2.04. The fraction of sp³-hybridized carbons (Fsp3) is 0.0625. The van der Waals surface area contributed by atoms with Crippen LogP contribution in [0.5, 0.6) is 0 Å². The van der Waals surface area contributed by atoms with Crippen molar-refractivity contribution in [1.82, 2.24) is 0 Å². The van der Waals surface area contributed by atoms with Crippen molar-refractivity contribution >= 4 is 24.6 Å². The number of carbonyl (C=O) groups is 1. The molecule has 0 amide bonds. The molecule has 0 aliphatic rings. The quantitative estimate of drug-likeness (QED) is 0.450. The maximum atomic E-state index is 11.8. The van der Waals surface area contributed by atoms with Crippen LogP contribution in [-0.2, 0) is 0 Å². The van der Waals surface area contributed by atoms with Gasteiger partial charge in [-0.1, -0.05) is 73.0 Å². The molecule has 0 fully saturated rings. The van der Waals surface area contributed by atoms with Gasteiger partial charge in [-0.3, -0.25) is 4.79 Å². The van der Waals surface area contributed by atoms with Crippen molar-refractivity contribution in [1.29, 1.82) is 0 Å². The number of hydrogen-bond acceptors (Lipinski definition) is 1. The van der Waals surface area contributed by atoms with Crippen molar-refractivity contribution in [2.75, 3.05) is 0 Å². The molecule has 87 valence electrons. The minimum atomic E-state index is 0.0294. The SMILES string of the molecule is C[B]c1ccc(/C=C/C(=O)c2ccccc2)cc1. The Kier molecular flexibility index (Phi) is 4.13. The van der Waals surface area contributed by atoms with Gasteiger partial charge in [0.1, 0.15) is 7.28 Å². The van der Waals surface area contributed by atoms with Crippen molar-refractivity contribution in [3.8, 4) is 0 Å². The molecule has 1 nitrogen and oxygen atoms in total. The van der Waals surface area contributed by atoms with E-state index >= 15 is 0 Å². The van der Waals surface area contributed by atoms with Gasteiger partial charge in [0.25, 0.3) is 0 Å². The lowest BCUT2D eigenvalue weighted by molar-refractivity contribution is 0.104. The molecule has 1 radical (unpaired) electrons. The smallest absolute Gasteiger partial charge is 0.185 e. The van der Waals surface area contributed by atoms with E-state index in [1.165, 1.54) is 5.46 Å². The van der Waals surface area contributed by atoms with Gasteiger partial charge >= 0.3 is 0 Å². The molecule has 0 saturated carbocycles. The predicted molar refractivity (Wildman–Crippen MR) is 77.5 cm³/mol. The molecule has 0 aromatic heterocycles. The number of rotatable bonds is 4. The van der Waals surface area contributed by atoms with Crippen LogP contribution < -0.4 is 5.46 Å². The maximum Gasteiger partial charge on any atom is 0.185 e. The Morgan fingerprint density at radius 3 is 2.28 bits per heavy atom. The van der Waals surface area contributed by atoms with Gasteiger partial charge in [-0.15, -0.1) is 0 Å². The van der Waals surface area contributed by atoms with E-state index in [9.17, 15) is 4.79 Å². The zero-order chi connectivity index (χ0) is 12.8. The first-order valence-electron chi connectivity index (χ1n) is 5.96. The van der Waals surface area contributed by atoms with Crippen LogP contribution in [0.1, 0.15) is 15.9 Å². The summed E-state index contributed by atoms with van der Waals surface area (Å²) >= 11 is 0. The van der Waals surface area contributed by atoms with Crippen LogP contribution >= 0.6 is 0 Å². The lowest BCUT2D eigenvalue weighted by atomic mass is 9.73. The van der Waals surface area contributed by atoms with Gasteiger partial charge in [-0.2, -0.15) is 0 Å². The van der Waals surface area contributed by atoms with E-state index in [4.69, 9.17) is 0 Å². The lowest BCUT2D eigenvalue weighted by Crippen LogP contribution is -2.08.